The van der Waals surface area contributed by atoms with Gasteiger partial charge >= 0.3 is 6.18 Å². The fraction of sp³-hybridized carbons (Fsp3) is 1.00. The molecule has 2 aliphatic rings. The van der Waals surface area contributed by atoms with Crippen molar-refractivity contribution in [2.45, 2.75) is 44.8 Å². The van der Waals surface area contributed by atoms with Crippen molar-refractivity contribution in [1.29, 1.82) is 0 Å². The van der Waals surface area contributed by atoms with Crippen LogP contribution in [-0.2, 0) is 0 Å². The Morgan fingerprint density at radius 3 is 2.67 bits per heavy atom. The Morgan fingerprint density at radius 2 is 2.06 bits per heavy atom. The number of nitrogens with zero attached hydrogens (tertiary/aromatic N) is 1. The van der Waals surface area contributed by atoms with Crippen LogP contribution in [0.25, 0.3) is 0 Å². The summed E-state index contributed by atoms with van der Waals surface area (Å²) in [5, 5.41) is 3.44. The lowest BCUT2D eigenvalue weighted by molar-refractivity contribution is -0.170. The third-order valence-electron chi connectivity index (χ3n) is 4.39. The van der Waals surface area contributed by atoms with Crippen molar-refractivity contribution >= 4 is 0 Å². The van der Waals surface area contributed by atoms with Gasteiger partial charge in [-0.3, -0.25) is 0 Å². The summed E-state index contributed by atoms with van der Waals surface area (Å²) in [5.41, 5.74) is 0. The number of rotatable bonds is 3. The molecule has 18 heavy (non-hydrogen) atoms. The van der Waals surface area contributed by atoms with Crippen molar-refractivity contribution in [2.75, 3.05) is 26.2 Å². The summed E-state index contributed by atoms with van der Waals surface area (Å²) in [5.74, 6) is -0.361. The molecule has 0 radical (unpaired) electrons. The van der Waals surface area contributed by atoms with Crippen molar-refractivity contribution in [2.24, 2.45) is 11.8 Å². The molecular formula is C13H23F3N2. The normalized spacial score (nSPS) is 35.0. The standard InChI is InChI=1S/C13H23F3N2/c1-2-10-3-5-17-12(7-10)9-18-6-4-11(8-18)13(14,15)16/h10-12,17H,2-9H2,1H3. The van der Waals surface area contributed by atoms with E-state index in [2.05, 4.69) is 12.2 Å². The van der Waals surface area contributed by atoms with E-state index in [0.29, 0.717) is 12.6 Å². The molecule has 2 saturated heterocycles. The predicted octanol–water partition coefficient (Wildman–Crippen LogP) is 2.65. The van der Waals surface area contributed by atoms with Gasteiger partial charge in [-0.25, -0.2) is 0 Å². The lowest BCUT2D eigenvalue weighted by Gasteiger charge is -2.32. The number of alkyl halides is 3. The Kier molecular flexibility index (Phi) is 4.54. The van der Waals surface area contributed by atoms with E-state index in [4.69, 9.17) is 0 Å². The summed E-state index contributed by atoms with van der Waals surface area (Å²) >= 11 is 0. The molecule has 0 spiro atoms. The minimum absolute atomic E-state index is 0.193. The Balaban J connectivity index is 1.77. The molecule has 0 bridgehead atoms. The van der Waals surface area contributed by atoms with Crippen LogP contribution in [0.1, 0.15) is 32.6 Å². The molecule has 3 unspecified atom stereocenters. The first-order valence-electron chi connectivity index (χ1n) is 7.01. The van der Waals surface area contributed by atoms with E-state index in [1.165, 1.54) is 12.8 Å². The van der Waals surface area contributed by atoms with E-state index in [1.807, 2.05) is 4.90 Å². The maximum Gasteiger partial charge on any atom is 0.393 e. The highest BCUT2D eigenvalue weighted by Crippen LogP contribution is 2.33. The molecule has 2 nitrogen and oxygen atoms in total. The van der Waals surface area contributed by atoms with Gasteiger partial charge in [-0.15, -0.1) is 0 Å². The van der Waals surface area contributed by atoms with E-state index in [9.17, 15) is 13.2 Å². The first-order valence-corrected chi connectivity index (χ1v) is 7.01. The maximum absolute atomic E-state index is 12.6. The van der Waals surface area contributed by atoms with Crippen LogP contribution in [0.4, 0.5) is 13.2 Å². The summed E-state index contributed by atoms with van der Waals surface area (Å²) in [6, 6.07) is 0.385. The van der Waals surface area contributed by atoms with Crippen molar-refractivity contribution in [1.82, 2.24) is 10.2 Å². The van der Waals surface area contributed by atoms with Crippen molar-refractivity contribution in [3.63, 3.8) is 0 Å². The summed E-state index contributed by atoms with van der Waals surface area (Å²) in [6.45, 7) is 4.78. The van der Waals surface area contributed by atoms with E-state index < -0.39 is 12.1 Å². The van der Waals surface area contributed by atoms with Crippen molar-refractivity contribution in [3.8, 4) is 0 Å². The summed E-state index contributed by atoms with van der Waals surface area (Å²) in [7, 11) is 0. The van der Waals surface area contributed by atoms with Gasteiger partial charge in [-0.05, 0) is 38.3 Å². The van der Waals surface area contributed by atoms with Crippen LogP contribution in [-0.4, -0.2) is 43.3 Å². The molecule has 3 atom stereocenters. The zero-order chi connectivity index (χ0) is 13.2. The predicted molar refractivity (Wildman–Crippen MR) is 65.4 cm³/mol. The zero-order valence-corrected chi connectivity index (χ0v) is 11.0. The van der Waals surface area contributed by atoms with Gasteiger partial charge in [-0.2, -0.15) is 13.2 Å². The molecule has 0 aromatic heterocycles. The van der Waals surface area contributed by atoms with Gasteiger partial charge in [0.05, 0.1) is 5.92 Å². The van der Waals surface area contributed by atoms with Crippen molar-refractivity contribution < 1.29 is 13.2 Å². The molecule has 0 aromatic rings. The Labute approximate surface area is 107 Å². The number of halogens is 3. The Morgan fingerprint density at radius 1 is 1.28 bits per heavy atom. The topological polar surface area (TPSA) is 15.3 Å². The minimum Gasteiger partial charge on any atom is -0.313 e. The van der Waals surface area contributed by atoms with E-state index in [1.54, 1.807) is 0 Å². The molecule has 2 rings (SSSR count). The highest BCUT2D eigenvalue weighted by Gasteiger charge is 2.43. The third-order valence-corrected chi connectivity index (χ3v) is 4.39. The summed E-state index contributed by atoms with van der Waals surface area (Å²) in [4.78, 5) is 1.98. The molecule has 106 valence electrons. The monoisotopic (exact) mass is 264 g/mol. The quantitative estimate of drug-likeness (QED) is 0.843. The van der Waals surface area contributed by atoms with Gasteiger partial charge in [0.15, 0.2) is 0 Å². The fourth-order valence-corrected chi connectivity index (χ4v) is 3.18. The second-order valence-corrected chi connectivity index (χ2v) is 5.74. The second kappa shape index (κ2) is 5.78. The average Bonchev–Trinajstić information content (AvgIpc) is 2.77. The van der Waals surface area contributed by atoms with E-state index in [-0.39, 0.29) is 13.0 Å². The van der Waals surface area contributed by atoms with Gasteiger partial charge in [0, 0.05) is 19.1 Å². The first-order chi connectivity index (χ1) is 8.49. The van der Waals surface area contributed by atoms with Crippen LogP contribution in [0.2, 0.25) is 0 Å². The van der Waals surface area contributed by atoms with E-state index >= 15 is 0 Å². The summed E-state index contributed by atoms with van der Waals surface area (Å²) in [6.07, 6.45) is -0.237. The molecule has 2 heterocycles. The lowest BCUT2D eigenvalue weighted by Crippen LogP contribution is -2.45. The summed E-state index contributed by atoms with van der Waals surface area (Å²) < 4.78 is 37.8. The maximum atomic E-state index is 12.6. The highest BCUT2D eigenvalue weighted by molar-refractivity contribution is 4.86. The first kappa shape index (κ1) is 14.1. The molecule has 1 N–H and O–H groups in total. The van der Waals surface area contributed by atoms with Gasteiger partial charge in [0.2, 0.25) is 0 Å². The highest BCUT2D eigenvalue weighted by atomic mass is 19.4. The van der Waals surface area contributed by atoms with Gasteiger partial charge in [0.1, 0.15) is 0 Å². The fourth-order valence-electron chi connectivity index (χ4n) is 3.18. The number of likely N-dealkylation sites (tertiary alicyclic amines) is 1. The largest absolute Gasteiger partial charge is 0.393 e. The van der Waals surface area contributed by atoms with Crippen LogP contribution >= 0.6 is 0 Å². The molecule has 0 saturated carbocycles. The second-order valence-electron chi connectivity index (χ2n) is 5.74. The van der Waals surface area contributed by atoms with Gasteiger partial charge in [0.25, 0.3) is 0 Å². The van der Waals surface area contributed by atoms with Crippen LogP contribution < -0.4 is 5.32 Å². The Bertz CT molecular complexity index is 267. The number of hydrogen-bond donors (Lipinski definition) is 1. The number of nitrogens with one attached hydrogen (secondary N) is 1. The zero-order valence-electron chi connectivity index (χ0n) is 11.0. The van der Waals surface area contributed by atoms with E-state index in [0.717, 1.165) is 25.4 Å². The molecule has 0 amide bonds. The van der Waals surface area contributed by atoms with Crippen LogP contribution in [0, 0.1) is 11.8 Å². The molecule has 2 fully saturated rings. The van der Waals surface area contributed by atoms with Crippen LogP contribution in [0.3, 0.4) is 0 Å². The van der Waals surface area contributed by atoms with Gasteiger partial charge in [-0.1, -0.05) is 13.3 Å². The number of hydrogen-bond acceptors (Lipinski definition) is 2. The molecular weight excluding hydrogens is 241 g/mol. The molecule has 0 aliphatic carbocycles. The minimum atomic E-state index is -4.01. The van der Waals surface area contributed by atoms with Gasteiger partial charge < -0.3 is 10.2 Å². The smallest absolute Gasteiger partial charge is 0.313 e. The lowest BCUT2D eigenvalue weighted by atomic mass is 9.90. The number of piperidine rings is 1. The van der Waals surface area contributed by atoms with Crippen LogP contribution in [0.5, 0.6) is 0 Å². The molecule has 5 heteroatoms. The van der Waals surface area contributed by atoms with Crippen LogP contribution in [0.15, 0.2) is 0 Å². The third kappa shape index (κ3) is 3.60. The Hall–Kier alpha value is -0.290. The average molecular weight is 264 g/mol. The molecule has 0 aromatic carbocycles. The van der Waals surface area contributed by atoms with Crippen molar-refractivity contribution in [3.05, 3.63) is 0 Å². The SMILES string of the molecule is CCC1CCNC(CN2CCC(C(F)(F)F)C2)C1. The molecule has 2 aliphatic heterocycles.